The molecule has 0 saturated heterocycles. The molecule has 1 aromatic heterocycles. The van der Waals surface area contributed by atoms with Crippen molar-refractivity contribution in [3.63, 3.8) is 0 Å². The summed E-state index contributed by atoms with van der Waals surface area (Å²) in [6, 6.07) is 0.594. The Morgan fingerprint density at radius 3 is 2.93 bits per heavy atom. The molecule has 5 nitrogen and oxygen atoms in total. The number of rotatable bonds is 5. The lowest BCUT2D eigenvalue weighted by Crippen LogP contribution is -2.30. The Balaban J connectivity index is 2.09. The summed E-state index contributed by atoms with van der Waals surface area (Å²) in [7, 11) is 1.70. The first-order chi connectivity index (χ1) is 7.31. The number of methoxy groups -OCH3 is 1. The van der Waals surface area contributed by atoms with Crippen molar-refractivity contribution >= 4 is 11.6 Å². The topological polar surface area (TPSA) is 64.3 Å². The van der Waals surface area contributed by atoms with E-state index in [4.69, 9.17) is 10.5 Å². The molecule has 15 heavy (non-hydrogen) atoms. The molecule has 1 heterocycles. The second kappa shape index (κ2) is 4.44. The molecule has 5 heteroatoms. The van der Waals surface area contributed by atoms with Gasteiger partial charge in [0.25, 0.3) is 0 Å². The molecule has 0 unspecified atom stereocenters. The van der Waals surface area contributed by atoms with Gasteiger partial charge in [0.05, 0.1) is 19.0 Å². The van der Waals surface area contributed by atoms with Crippen LogP contribution in [0.25, 0.3) is 0 Å². The highest BCUT2D eigenvalue weighted by molar-refractivity contribution is 5.43. The Morgan fingerprint density at radius 2 is 2.33 bits per heavy atom. The molecule has 1 aliphatic rings. The van der Waals surface area contributed by atoms with Crippen molar-refractivity contribution in [1.29, 1.82) is 0 Å². The molecule has 1 aliphatic carbocycles. The van der Waals surface area contributed by atoms with Crippen molar-refractivity contribution in [2.75, 3.05) is 30.9 Å². The van der Waals surface area contributed by atoms with E-state index in [-0.39, 0.29) is 0 Å². The van der Waals surface area contributed by atoms with Gasteiger partial charge in [0.1, 0.15) is 11.6 Å². The predicted octanol–water partition coefficient (Wildman–Crippen LogP) is 0.674. The molecule has 0 bridgehead atoms. The van der Waals surface area contributed by atoms with Gasteiger partial charge in [-0.15, -0.1) is 0 Å². The summed E-state index contributed by atoms with van der Waals surface area (Å²) in [6.45, 7) is 1.55. The second-order valence-corrected chi connectivity index (χ2v) is 3.72. The maximum atomic E-state index is 5.61. The van der Waals surface area contributed by atoms with E-state index >= 15 is 0 Å². The molecule has 1 aromatic rings. The third-order valence-electron chi connectivity index (χ3n) is 2.46. The van der Waals surface area contributed by atoms with E-state index in [1.165, 1.54) is 12.8 Å². The summed E-state index contributed by atoms with van der Waals surface area (Å²) in [4.78, 5) is 10.5. The van der Waals surface area contributed by atoms with Crippen LogP contribution in [0.15, 0.2) is 12.4 Å². The summed E-state index contributed by atoms with van der Waals surface area (Å²) in [5.74, 6) is 1.32. The minimum absolute atomic E-state index is 0.468. The Hall–Kier alpha value is -1.36. The van der Waals surface area contributed by atoms with Crippen LogP contribution in [0.1, 0.15) is 12.8 Å². The number of nitrogens with zero attached hydrogens (tertiary/aromatic N) is 3. The first-order valence-corrected chi connectivity index (χ1v) is 5.14. The number of anilines is 2. The summed E-state index contributed by atoms with van der Waals surface area (Å²) in [5, 5.41) is 0. The summed E-state index contributed by atoms with van der Waals surface area (Å²) in [5.41, 5.74) is 5.61. The molecule has 1 fully saturated rings. The number of ether oxygens (including phenoxy) is 1. The summed E-state index contributed by atoms with van der Waals surface area (Å²) >= 11 is 0. The zero-order valence-corrected chi connectivity index (χ0v) is 8.89. The van der Waals surface area contributed by atoms with Gasteiger partial charge in [-0.1, -0.05) is 0 Å². The number of hydrogen-bond donors (Lipinski definition) is 1. The second-order valence-electron chi connectivity index (χ2n) is 3.72. The third-order valence-corrected chi connectivity index (χ3v) is 2.46. The highest BCUT2D eigenvalue weighted by atomic mass is 16.5. The summed E-state index contributed by atoms with van der Waals surface area (Å²) < 4.78 is 5.08. The Bertz CT molecular complexity index is 327. The van der Waals surface area contributed by atoms with E-state index in [1.54, 1.807) is 19.5 Å². The lowest BCUT2D eigenvalue weighted by molar-refractivity contribution is 0.204. The third kappa shape index (κ3) is 2.56. The molecule has 0 amide bonds. The van der Waals surface area contributed by atoms with Crippen LogP contribution in [0.5, 0.6) is 0 Å². The van der Waals surface area contributed by atoms with Gasteiger partial charge in [-0.2, -0.15) is 0 Å². The minimum Gasteiger partial charge on any atom is -0.383 e. The van der Waals surface area contributed by atoms with E-state index in [1.807, 2.05) is 0 Å². The van der Waals surface area contributed by atoms with Crippen LogP contribution in [0.2, 0.25) is 0 Å². The molecule has 0 spiro atoms. The summed E-state index contributed by atoms with van der Waals surface area (Å²) in [6.07, 6.45) is 5.76. The minimum atomic E-state index is 0.468. The number of aromatic nitrogens is 2. The van der Waals surface area contributed by atoms with Crippen molar-refractivity contribution in [2.24, 2.45) is 0 Å². The molecule has 1 saturated carbocycles. The molecule has 2 rings (SSSR count). The zero-order chi connectivity index (χ0) is 10.7. The van der Waals surface area contributed by atoms with Gasteiger partial charge in [0, 0.05) is 19.7 Å². The van der Waals surface area contributed by atoms with Crippen molar-refractivity contribution in [3.05, 3.63) is 12.4 Å². The largest absolute Gasteiger partial charge is 0.383 e. The van der Waals surface area contributed by atoms with E-state index < -0.39 is 0 Å². The molecule has 0 radical (unpaired) electrons. The maximum absolute atomic E-state index is 5.61. The average Bonchev–Trinajstić information content (AvgIpc) is 3.03. The van der Waals surface area contributed by atoms with Crippen molar-refractivity contribution < 1.29 is 4.74 Å². The standard InChI is InChI=1S/C10H16N4O/c1-15-5-4-14(8-2-3-8)10-7-12-6-9(11)13-10/h6-8H,2-5H2,1H3,(H2,11,13). The predicted molar refractivity (Wildman–Crippen MR) is 58.7 cm³/mol. The molecule has 82 valence electrons. The number of hydrogen-bond acceptors (Lipinski definition) is 5. The van der Waals surface area contributed by atoms with Crippen molar-refractivity contribution in [2.45, 2.75) is 18.9 Å². The van der Waals surface area contributed by atoms with Crippen molar-refractivity contribution in [3.8, 4) is 0 Å². The number of nitrogens with two attached hydrogens (primary N) is 1. The normalized spacial score (nSPS) is 15.3. The van der Waals surface area contributed by atoms with Crippen LogP contribution in [-0.4, -0.2) is 36.3 Å². The lowest BCUT2D eigenvalue weighted by atomic mass is 10.4. The van der Waals surface area contributed by atoms with E-state index in [0.29, 0.717) is 18.5 Å². The quantitative estimate of drug-likeness (QED) is 0.770. The highest BCUT2D eigenvalue weighted by Gasteiger charge is 2.29. The molecule has 0 aliphatic heterocycles. The average molecular weight is 208 g/mol. The van der Waals surface area contributed by atoms with Crippen LogP contribution in [0, 0.1) is 0 Å². The fourth-order valence-electron chi connectivity index (χ4n) is 1.57. The molecular formula is C10H16N4O. The SMILES string of the molecule is COCCN(c1cncc(N)n1)C1CC1. The first-order valence-electron chi connectivity index (χ1n) is 5.14. The van der Waals surface area contributed by atoms with E-state index in [9.17, 15) is 0 Å². The molecule has 2 N–H and O–H groups in total. The van der Waals surface area contributed by atoms with E-state index in [0.717, 1.165) is 12.4 Å². The van der Waals surface area contributed by atoms with Crippen LogP contribution in [0.3, 0.4) is 0 Å². The maximum Gasteiger partial charge on any atom is 0.149 e. The lowest BCUT2D eigenvalue weighted by Gasteiger charge is -2.22. The van der Waals surface area contributed by atoms with Gasteiger partial charge in [-0.3, -0.25) is 4.98 Å². The zero-order valence-electron chi connectivity index (χ0n) is 8.89. The fraction of sp³-hybridized carbons (Fsp3) is 0.600. The van der Waals surface area contributed by atoms with Gasteiger partial charge in [-0.05, 0) is 12.8 Å². The molecule has 0 aromatic carbocycles. The Labute approximate surface area is 89.3 Å². The van der Waals surface area contributed by atoms with Crippen LogP contribution < -0.4 is 10.6 Å². The molecular weight excluding hydrogens is 192 g/mol. The monoisotopic (exact) mass is 208 g/mol. The van der Waals surface area contributed by atoms with Gasteiger partial charge < -0.3 is 15.4 Å². The number of nitrogen functional groups attached to an aromatic ring is 1. The Kier molecular flexibility index (Phi) is 3.01. The van der Waals surface area contributed by atoms with Gasteiger partial charge in [0.15, 0.2) is 0 Å². The van der Waals surface area contributed by atoms with Crippen LogP contribution >= 0.6 is 0 Å². The van der Waals surface area contributed by atoms with Crippen LogP contribution in [0.4, 0.5) is 11.6 Å². The van der Waals surface area contributed by atoms with E-state index in [2.05, 4.69) is 14.9 Å². The van der Waals surface area contributed by atoms with Gasteiger partial charge >= 0.3 is 0 Å². The first kappa shape index (κ1) is 10.2. The highest BCUT2D eigenvalue weighted by Crippen LogP contribution is 2.30. The van der Waals surface area contributed by atoms with Crippen molar-refractivity contribution in [1.82, 2.24) is 9.97 Å². The molecule has 0 atom stereocenters. The Morgan fingerprint density at radius 1 is 1.53 bits per heavy atom. The van der Waals surface area contributed by atoms with Gasteiger partial charge in [-0.25, -0.2) is 4.98 Å². The fourth-order valence-corrected chi connectivity index (χ4v) is 1.57. The van der Waals surface area contributed by atoms with Gasteiger partial charge in [0.2, 0.25) is 0 Å². The van der Waals surface area contributed by atoms with Crippen LogP contribution in [-0.2, 0) is 4.74 Å². The smallest absolute Gasteiger partial charge is 0.149 e.